The number of unbranched alkanes of at least 4 members (excludes halogenated alkanes) is 1. The van der Waals surface area contributed by atoms with Crippen molar-refractivity contribution in [1.82, 2.24) is 20.0 Å². The summed E-state index contributed by atoms with van der Waals surface area (Å²) in [5, 5.41) is 16.8. The van der Waals surface area contributed by atoms with Gasteiger partial charge in [-0.3, -0.25) is 9.59 Å². The summed E-state index contributed by atoms with van der Waals surface area (Å²) in [5.41, 5.74) is 0.871. The molecule has 0 fully saturated rings. The van der Waals surface area contributed by atoms with Crippen LogP contribution in [0.15, 0.2) is 35.1 Å². The number of carbonyl (C=O) groups is 1. The van der Waals surface area contributed by atoms with Gasteiger partial charge in [0.25, 0.3) is 11.5 Å². The highest BCUT2D eigenvalue weighted by atomic mass is 16.3. The first kappa shape index (κ1) is 20.6. The third kappa shape index (κ3) is 5.65. The number of aryl methyl sites for hydroxylation is 1. The van der Waals surface area contributed by atoms with Gasteiger partial charge in [-0.2, -0.15) is 9.78 Å². The van der Waals surface area contributed by atoms with Gasteiger partial charge in [0.15, 0.2) is 11.4 Å². The molecule has 7 nitrogen and oxygen atoms in total. The predicted molar refractivity (Wildman–Crippen MR) is 106 cm³/mol. The fourth-order valence-corrected chi connectivity index (χ4v) is 2.84. The van der Waals surface area contributed by atoms with Gasteiger partial charge >= 0.3 is 0 Å². The van der Waals surface area contributed by atoms with E-state index in [0.717, 1.165) is 48.8 Å². The first-order chi connectivity index (χ1) is 13.0. The fourth-order valence-electron chi connectivity index (χ4n) is 2.84. The molecule has 0 aliphatic rings. The van der Waals surface area contributed by atoms with Crippen LogP contribution in [0, 0.1) is 6.92 Å². The van der Waals surface area contributed by atoms with Crippen molar-refractivity contribution < 1.29 is 9.90 Å². The number of amides is 1. The minimum Gasteiger partial charge on any atom is -0.505 e. The van der Waals surface area contributed by atoms with Crippen molar-refractivity contribution in [3.8, 4) is 11.4 Å². The molecule has 2 N–H and O–H groups in total. The molecule has 0 unspecified atom stereocenters. The van der Waals surface area contributed by atoms with Crippen molar-refractivity contribution in [2.45, 2.75) is 33.6 Å². The molecule has 0 saturated carbocycles. The number of benzene rings is 1. The van der Waals surface area contributed by atoms with E-state index in [4.69, 9.17) is 0 Å². The van der Waals surface area contributed by atoms with Gasteiger partial charge in [-0.15, -0.1) is 0 Å². The summed E-state index contributed by atoms with van der Waals surface area (Å²) >= 11 is 0. The summed E-state index contributed by atoms with van der Waals surface area (Å²) in [6.45, 7) is 9.67. The van der Waals surface area contributed by atoms with Crippen LogP contribution in [0.3, 0.4) is 0 Å². The number of nitrogens with one attached hydrogen (secondary N) is 1. The summed E-state index contributed by atoms with van der Waals surface area (Å²) in [5.74, 6) is -0.902. The Morgan fingerprint density at radius 3 is 2.63 bits per heavy atom. The van der Waals surface area contributed by atoms with Gasteiger partial charge in [0, 0.05) is 12.6 Å². The van der Waals surface area contributed by atoms with E-state index < -0.39 is 17.2 Å². The van der Waals surface area contributed by atoms with Crippen molar-refractivity contribution in [2.75, 3.05) is 26.2 Å². The maximum atomic E-state index is 12.4. The lowest BCUT2D eigenvalue weighted by Crippen LogP contribution is -2.30. The van der Waals surface area contributed by atoms with E-state index in [-0.39, 0.29) is 5.69 Å². The average Bonchev–Trinajstić information content (AvgIpc) is 2.64. The number of hydrogen-bond donors (Lipinski definition) is 2. The molecule has 0 bridgehead atoms. The molecule has 7 heteroatoms. The topological polar surface area (TPSA) is 87.5 Å². The Morgan fingerprint density at radius 2 is 1.96 bits per heavy atom. The summed E-state index contributed by atoms with van der Waals surface area (Å²) in [6.07, 6.45) is 1.81. The zero-order valence-corrected chi connectivity index (χ0v) is 16.2. The van der Waals surface area contributed by atoms with E-state index in [2.05, 4.69) is 29.2 Å². The third-order valence-corrected chi connectivity index (χ3v) is 4.45. The van der Waals surface area contributed by atoms with Gasteiger partial charge in [0.05, 0.1) is 5.69 Å². The number of hydrogen-bond acceptors (Lipinski definition) is 5. The number of carbonyl (C=O) groups excluding carboxylic acids is 1. The highest BCUT2D eigenvalue weighted by Gasteiger charge is 2.16. The summed E-state index contributed by atoms with van der Waals surface area (Å²) < 4.78 is 1.13. The van der Waals surface area contributed by atoms with Crippen LogP contribution >= 0.6 is 0 Å². The molecule has 1 aromatic heterocycles. The van der Waals surface area contributed by atoms with E-state index in [1.807, 2.05) is 13.0 Å². The first-order valence-electron chi connectivity index (χ1n) is 9.37. The molecule has 0 radical (unpaired) electrons. The van der Waals surface area contributed by atoms with Gasteiger partial charge in [0.1, 0.15) is 0 Å². The Balaban J connectivity index is 2.04. The second-order valence-corrected chi connectivity index (χ2v) is 6.46. The van der Waals surface area contributed by atoms with Crippen LogP contribution in [0.1, 0.15) is 42.7 Å². The summed E-state index contributed by atoms with van der Waals surface area (Å²) in [6, 6.07) is 8.25. The maximum Gasteiger partial charge on any atom is 0.275 e. The van der Waals surface area contributed by atoms with Crippen LogP contribution in [0.4, 0.5) is 0 Å². The molecule has 0 aliphatic heterocycles. The van der Waals surface area contributed by atoms with Crippen molar-refractivity contribution in [1.29, 1.82) is 0 Å². The lowest BCUT2D eigenvalue weighted by atomic mass is 10.2. The van der Waals surface area contributed by atoms with Gasteiger partial charge in [-0.25, -0.2) is 0 Å². The standard InChI is InChI=1S/C20H28N4O3/c1-4-23(5-2)12-7-6-11-21-20(27)19-17(25)14-18(26)24(22-19)16-10-8-9-15(3)13-16/h8-10,13-14,25H,4-7,11-12H2,1-3H3,(H,21,27). The zero-order chi connectivity index (χ0) is 19.8. The number of aromatic hydroxyl groups is 1. The smallest absolute Gasteiger partial charge is 0.275 e. The van der Waals surface area contributed by atoms with Crippen LogP contribution in [0.25, 0.3) is 5.69 Å². The van der Waals surface area contributed by atoms with Gasteiger partial charge in [-0.05, 0) is 57.1 Å². The summed E-state index contributed by atoms with van der Waals surface area (Å²) in [7, 11) is 0. The molecule has 0 saturated heterocycles. The normalized spacial score (nSPS) is 11.0. The van der Waals surface area contributed by atoms with Crippen LogP contribution < -0.4 is 10.9 Å². The quantitative estimate of drug-likeness (QED) is 0.658. The van der Waals surface area contributed by atoms with Gasteiger partial charge in [-0.1, -0.05) is 26.0 Å². The Bertz CT molecular complexity index is 828. The van der Waals surface area contributed by atoms with Crippen LogP contribution in [0.2, 0.25) is 0 Å². The Hall–Kier alpha value is -2.67. The first-order valence-corrected chi connectivity index (χ1v) is 9.37. The minimum absolute atomic E-state index is 0.153. The molecule has 0 aliphatic carbocycles. The molecule has 2 aromatic rings. The summed E-state index contributed by atoms with van der Waals surface area (Å²) in [4.78, 5) is 26.9. The highest BCUT2D eigenvalue weighted by Crippen LogP contribution is 2.13. The Labute approximate surface area is 159 Å². The largest absolute Gasteiger partial charge is 0.505 e. The van der Waals surface area contributed by atoms with Crippen molar-refractivity contribution in [3.63, 3.8) is 0 Å². The Kier molecular flexibility index (Phi) is 7.55. The van der Waals surface area contributed by atoms with Crippen LogP contribution in [-0.4, -0.2) is 51.9 Å². The lowest BCUT2D eigenvalue weighted by Gasteiger charge is -2.17. The van der Waals surface area contributed by atoms with E-state index in [1.54, 1.807) is 18.2 Å². The minimum atomic E-state index is -0.492. The van der Waals surface area contributed by atoms with Crippen LogP contribution in [-0.2, 0) is 0 Å². The fraction of sp³-hybridized carbons (Fsp3) is 0.450. The molecular weight excluding hydrogens is 344 g/mol. The Morgan fingerprint density at radius 1 is 1.22 bits per heavy atom. The number of aromatic nitrogens is 2. The third-order valence-electron chi connectivity index (χ3n) is 4.45. The monoisotopic (exact) mass is 372 g/mol. The van der Waals surface area contributed by atoms with E-state index in [9.17, 15) is 14.7 Å². The molecule has 27 heavy (non-hydrogen) atoms. The molecule has 146 valence electrons. The predicted octanol–water partition coefficient (Wildman–Crippen LogP) is 2.10. The SMILES string of the molecule is CCN(CC)CCCCNC(=O)c1nn(-c2cccc(C)c2)c(=O)cc1O. The number of nitrogens with zero attached hydrogens (tertiary/aromatic N) is 3. The second kappa shape index (κ2) is 9.87. The second-order valence-electron chi connectivity index (χ2n) is 6.46. The molecule has 1 aromatic carbocycles. The van der Waals surface area contributed by atoms with Crippen molar-refractivity contribution >= 4 is 5.91 Å². The van der Waals surface area contributed by atoms with Crippen molar-refractivity contribution in [3.05, 3.63) is 51.9 Å². The van der Waals surface area contributed by atoms with E-state index in [0.29, 0.717) is 12.2 Å². The number of rotatable bonds is 9. The van der Waals surface area contributed by atoms with Crippen molar-refractivity contribution in [2.24, 2.45) is 0 Å². The zero-order valence-electron chi connectivity index (χ0n) is 16.2. The molecule has 1 amide bonds. The van der Waals surface area contributed by atoms with Crippen LogP contribution in [0.5, 0.6) is 5.75 Å². The van der Waals surface area contributed by atoms with E-state index in [1.165, 1.54) is 0 Å². The average molecular weight is 372 g/mol. The van der Waals surface area contributed by atoms with E-state index >= 15 is 0 Å². The highest BCUT2D eigenvalue weighted by molar-refractivity contribution is 5.94. The molecule has 0 spiro atoms. The molecule has 2 rings (SSSR count). The molecule has 1 heterocycles. The molecule has 0 atom stereocenters. The maximum absolute atomic E-state index is 12.4. The lowest BCUT2D eigenvalue weighted by molar-refractivity contribution is 0.0942. The van der Waals surface area contributed by atoms with Gasteiger partial charge in [0.2, 0.25) is 0 Å². The van der Waals surface area contributed by atoms with Gasteiger partial charge < -0.3 is 15.3 Å². The molecular formula is C20H28N4O3.